The molecule has 0 radical (unpaired) electrons. The molecule has 2 aromatic rings. The maximum Gasteiger partial charge on any atom is 0.152 e. The molecule has 24 heavy (non-hydrogen) atoms. The predicted octanol–water partition coefficient (Wildman–Crippen LogP) is 3.84. The minimum absolute atomic E-state index is 0.375. The molecule has 0 saturated carbocycles. The van der Waals surface area contributed by atoms with E-state index in [2.05, 4.69) is 27.5 Å². The maximum absolute atomic E-state index is 6.24. The van der Waals surface area contributed by atoms with Gasteiger partial charge < -0.3 is 16.4 Å². The molecule has 1 aliphatic rings. The highest BCUT2D eigenvalue weighted by atomic mass is 35.5. The zero-order valence-corrected chi connectivity index (χ0v) is 15.5. The standard InChI is InChI=1S/C16H18Cl2N4.CH5N/c1-10-5-7-22(8-6-10)13-9-20-15(16(19)21-13)11-3-2-4-12(17)14(11)18;1-2/h2-4,9-10H,5-8H2,1H3,(H2,19,21);2H2,1H3. The molecule has 1 aliphatic heterocycles. The van der Waals surface area contributed by atoms with Crippen LogP contribution in [0.15, 0.2) is 24.4 Å². The first-order valence-corrected chi connectivity index (χ1v) is 8.71. The monoisotopic (exact) mass is 367 g/mol. The van der Waals surface area contributed by atoms with Crippen LogP contribution in [0, 0.1) is 5.92 Å². The van der Waals surface area contributed by atoms with Crippen molar-refractivity contribution in [2.75, 3.05) is 30.8 Å². The lowest BCUT2D eigenvalue weighted by molar-refractivity contribution is 0.436. The minimum Gasteiger partial charge on any atom is -0.382 e. The first-order chi connectivity index (χ1) is 11.6. The highest BCUT2D eigenvalue weighted by Crippen LogP contribution is 2.35. The molecule has 7 heteroatoms. The van der Waals surface area contributed by atoms with E-state index in [1.807, 2.05) is 12.1 Å². The molecule has 2 heterocycles. The van der Waals surface area contributed by atoms with Crippen LogP contribution in [0.2, 0.25) is 10.0 Å². The Bertz CT molecular complexity index is 685. The fourth-order valence-electron chi connectivity index (χ4n) is 2.68. The Morgan fingerprint density at radius 1 is 1.17 bits per heavy atom. The Hall–Kier alpha value is -1.56. The van der Waals surface area contributed by atoms with Crippen molar-refractivity contribution in [2.45, 2.75) is 19.8 Å². The molecule has 0 amide bonds. The van der Waals surface area contributed by atoms with Gasteiger partial charge in [-0.15, -0.1) is 0 Å². The van der Waals surface area contributed by atoms with E-state index in [9.17, 15) is 0 Å². The van der Waals surface area contributed by atoms with Crippen LogP contribution >= 0.6 is 23.2 Å². The van der Waals surface area contributed by atoms with Crippen molar-refractivity contribution >= 4 is 34.8 Å². The Kier molecular flexibility index (Phi) is 6.66. The van der Waals surface area contributed by atoms with Crippen molar-refractivity contribution < 1.29 is 0 Å². The van der Waals surface area contributed by atoms with Gasteiger partial charge in [-0.25, -0.2) is 9.97 Å². The van der Waals surface area contributed by atoms with Gasteiger partial charge in [0, 0.05) is 18.7 Å². The molecular weight excluding hydrogens is 345 g/mol. The zero-order chi connectivity index (χ0) is 17.7. The van der Waals surface area contributed by atoms with E-state index in [4.69, 9.17) is 28.9 Å². The van der Waals surface area contributed by atoms with Crippen LogP contribution in [0.25, 0.3) is 11.3 Å². The van der Waals surface area contributed by atoms with Crippen LogP contribution in [-0.2, 0) is 0 Å². The average molecular weight is 368 g/mol. The van der Waals surface area contributed by atoms with Gasteiger partial charge in [0.15, 0.2) is 5.82 Å². The molecule has 0 atom stereocenters. The number of hydrogen-bond acceptors (Lipinski definition) is 5. The SMILES string of the molecule is CC1CCN(c2cnc(-c3cccc(Cl)c3Cl)c(N)n2)CC1.CN. The van der Waals surface area contributed by atoms with Crippen molar-refractivity contribution in [3.05, 3.63) is 34.4 Å². The van der Waals surface area contributed by atoms with Gasteiger partial charge in [0.05, 0.1) is 16.2 Å². The third kappa shape index (κ3) is 4.09. The Labute approximate surface area is 153 Å². The molecule has 4 N–H and O–H groups in total. The van der Waals surface area contributed by atoms with Gasteiger partial charge in [-0.3, -0.25) is 0 Å². The fraction of sp³-hybridized carbons (Fsp3) is 0.412. The van der Waals surface area contributed by atoms with Crippen molar-refractivity contribution in [1.82, 2.24) is 9.97 Å². The molecule has 0 bridgehead atoms. The number of nitrogen functional groups attached to an aromatic ring is 1. The van der Waals surface area contributed by atoms with Crippen molar-refractivity contribution in [1.29, 1.82) is 0 Å². The summed E-state index contributed by atoms with van der Waals surface area (Å²) in [6.45, 7) is 4.26. The van der Waals surface area contributed by atoms with E-state index < -0.39 is 0 Å². The summed E-state index contributed by atoms with van der Waals surface area (Å²) in [5.41, 5.74) is 11.9. The van der Waals surface area contributed by atoms with Crippen LogP contribution in [-0.4, -0.2) is 30.1 Å². The summed E-state index contributed by atoms with van der Waals surface area (Å²) in [7, 11) is 1.50. The van der Waals surface area contributed by atoms with Crippen LogP contribution in [0.3, 0.4) is 0 Å². The summed E-state index contributed by atoms with van der Waals surface area (Å²) in [6, 6.07) is 5.40. The molecule has 1 aromatic carbocycles. The number of halogens is 2. The van der Waals surface area contributed by atoms with Crippen LogP contribution in [0.5, 0.6) is 0 Å². The van der Waals surface area contributed by atoms with Crippen LogP contribution in [0.1, 0.15) is 19.8 Å². The maximum atomic E-state index is 6.24. The van der Waals surface area contributed by atoms with Crippen LogP contribution in [0.4, 0.5) is 11.6 Å². The van der Waals surface area contributed by atoms with E-state index in [1.165, 1.54) is 19.9 Å². The minimum atomic E-state index is 0.375. The third-order valence-corrected chi connectivity index (χ3v) is 4.92. The number of nitrogens with two attached hydrogens (primary N) is 2. The highest BCUT2D eigenvalue weighted by molar-refractivity contribution is 6.43. The average Bonchev–Trinajstić information content (AvgIpc) is 2.60. The molecule has 130 valence electrons. The lowest BCUT2D eigenvalue weighted by Crippen LogP contribution is -2.33. The van der Waals surface area contributed by atoms with Crippen molar-refractivity contribution in [3.8, 4) is 11.3 Å². The Morgan fingerprint density at radius 3 is 2.46 bits per heavy atom. The highest BCUT2D eigenvalue weighted by Gasteiger charge is 2.19. The smallest absolute Gasteiger partial charge is 0.152 e. The summed E-state index contributed by atoms with van der Waals surface area (Å²) in [5, 5.41) is 0.930. The van der Waals surface area contributed by atoms with Gasteiger partial charge in [-0.1, -0.05) is 42.3 Å². The quantitative estimate of drug-likeness (QED) is 0.842. The number of hydrogen-bond donors (Lipinski definition) is 2. The number of piperidine rings is 1. The zero-order valence-electron chi connectivity index (χ0n) is 14.0. The fourth-order valence-corrected chi connectivity index (χ4v) is 3.07. The summed E-state index contributed by atoms with van der Waals surface area (Å²) in [4.78, 5) is 11.2. The summed E-state index contributed by atoms with van der Waals surface area (Å²) < 4.78 is 0. The van der Waals surface area contributed by atoms with E-state index >= 15 is 0 Å². The molecule has 1 saturated heterocycles. The molecule has 1 fully saturated rings. The molecule has 0 unspecified atom stereocenters. The second-order valence-corrected chi connectivity index (χ2v) is 6.52. The summed E-state index contributed by atoms with van der Waals surface area (Å²) in [6.07, 6.45) is 4.10. The summed E-state index contributed by atoms with van der Waals surface area (Å²) in [5.74, 6) is 1.97. The van der Waals surface area contributed by atoms with Crippen molar-refractivity contribution in [3.63, 3.8) is 0 Å². The second-order valence-electron chi connectivity index (χ2n) is 5.73. The normalized spacial score (nSPS) is 15.0. The van der Waals surface area contributed by atoms with Gasteiger partial charge >= 0.3 is 0 Å². The third-order valence-electron chi connectivity index (χ3n) is 4.10. The Balaban J connectivity index is 0.00000100. The molecule has 3 rings (SSSR count). The number of rotatable bonds is 2. The number of anilines is 2. The van der Waals surface area contributed by atoms with Crippen LogP contribution < -0.4 is 16.4 Å². The van der Waals surface area contributed by atoms with Gasteiger partial charge in [0.25, 0.3) is 0 Å². The van der Waals surface area contributed by atoms with Gasteiger partial charge in [-0.05, 0) is 31.9 Å². The Morgan fingerprint density at radius 2 is 1.83 bits per heavy atom. The van der Waals surface area contributed by atoms with Gasteiger partial charge in [-0.2, -0.15) is 0 Å². The molecule has 5 nitrogen and oxygen atoms in total. The van der Waals surface area contributed by atoms with E-state index in [0.717, 1.165) is 24.8 Å². The molecule has 0 spiro atoms. The largest absolute Gasteiger partial charge is 0.382 e. The second kappa shape index (κ2) is 8.51. The number of nitrogens with zero attached hydrogens (tertiary/aromatic N) is 3. The van der Waals surface area contributed by atoms with Gasteiger partial charge in [0.1, 0.15) is 11.5 Å². The van der Waals surface area contributed by atoms with E-state index in [0.29, 0.717) is 27.1 Å². The molecule has 1 aromatic heterocycles. The van der Waals surface area contributed by atoms with Crippen molar-refractivity contribution in [2.24, 2.45) is 11.7 Å². The predicted molar refractivity (Wildman–Crippen MR) is 103 cm³/mol. The molecule has 0 aliphatic carbocycles. The van der Waals surface area contributed by atoms with E-state index in [1.54, 1.807) is 12.3 Å². The van der Waals surface area contributed by atoms with E-state index in [-0.39, 0.29) is 0 Å². The van der Waals surface area contributed by atoms with Gasteiger partial charge in [0.2, 0.25) is 0 Å². The first-order valence-electron chi connectivity index (χ1n) is 7.96. The molecular formula is C17H23Cl2N5. The number of aromatic nitrogens is 2. The topological polar surface area (TPSA) is 81.1 Å². The lowest BCUT2D eigenvalue weighted by Gasteiger charge is -2.31. The number of benzene rings is 1. The first kappa shape index (κ1) is 18.8. The lowest BCUT2D eigenvalue weighted by atomic mass is 9.99. The summed E-state index contributed by atoms with van der Waals surface area (Å²) >= 11 is 12.3.